The van der Waals surface area contributed by atoms with E-state index in [2.05, 4.69) is 10.3 Å². The van der Waals surface area contributed by atoms with Gasteiger partial charge in [-0.25, -0.2) is 4.98 Å². The summed E-state index contributed by atoms with van der Waals surface area (Å²) in [7, 11) is 0. The van der Waals surface area contributed by atoms with Crippen LogP contribution in [0.1, 0.15) is 35.3 Å². The lowest BCUT2D eigenvalue weighted by molar-refractivity contribution is -0.137. The number of hydrogen-bond acceptors (Lipinski definition) is 4. The van der Waals surface area contributed by atoms with E-state index in [-0.39, 0.29) is 18.0 Å². The van der Waals surface area contributed by atoms with Crippen molar-refractivity contribution >= 4 is 11.9 Å². The lowest BCUT2D eigenvalue weighted by atomic mass is 10.1. The Morgan fingerprint density at radius 2 is 1.95 bits per heavy atom. The van der Waals surface area contributed by atoms with Crippen molar-refractivity contribution in [3.63, 3.8) is 0 Å². The van der Waals surface area contributed by atoms with E-state index in [1.54, 1.807) is 0 Å². The summed E-state index contributed by atoms with van der Waals surface area (Å²) < 4.78 is 5.32. The molecule has 0 spiro atoms. The van der Waals surface area contributed by atoms with Crippen molar-refractivity contribution in [2.75, 3.05) is 6.54 Å². The van der Waals surface area contributed by atoms with Gasteiger partial charge in [0.25, 0.3) is 5.91 Å². The number of aryl methyl sites for hydroxylation is 1. The van der Waals surface area contributed by atoms with Crippen LogP contribution in [0.4, 0.5) is 0 Å². The summed E-state index contributed by atoms with van der Waals surface area (Å²) >= 11 is 0. The number of carboxylic acids is 1. The molecule has 0 radical (unpaired) electrons. The highest BCUT2D eigenvalue weighted by atomic mass is 16.4. The maximum absolute atomic E-state index is 12.1. The number of carbonyl (C=O) groups excluding carboxylic acids is 1. The first-order chi connectivity index (χ1) is 10.6. The van der Waals surface area contributed by atoms with E-state index in [1.807, 2.05) is 31.2 Å². The van der Waals surface area contributed by atoms with Crippen LogP contribution in [0.3, 0.4) is 0 Å². The first-order valence-electron chi connectivity index (χ1n) is 7.08. The van der Waals surface area contributed by atoms with Gasteiger partial charge in [0, 0.05) is 18.5 Å². The Morgan fingerprint density at radius 3 is 2.64 bits per heavy atom. The van der Waals surface area contributed by atoms with E-state index in [1.165, 1.54) is 6.39 Å². The Kier molecular flexibility index (Phi) is 5.30. The average molecular weight is 302 g/mol. The molecule has 6 heteroatoms. The Bertz CT molecular complexity index is 646. The monoisotopic (exact) mass is 302 g/mol. The first-order valence-corrected chi connectivity index (χ1v) is 7.08. The zero-order valence-electron chi connectivity index (χ0n) is 12.3. The van der Waals surface area contributed by atoms with Crippen molar-refractivity contribution in [1.29, 1.82) is 0 Å². The quantitative estimate of drug-likeness (QED) is 0.767. The van der Waals surface area contributed by atoms with Crippen LogP contribution in [0, 0.1) is 6.92 Å². The fraction of sp³-hybridized carbons (Fsp3) is 0.312. The molecule has 0 aliphatic carbocycles. The fourth-order valence-electron chi connectivity index (χ4n) is 2.00. The number of nitrogens with zero attached hydrogens (tertiary/aromatic N) is 1. The van der Waals surface area contributed by atoms with Gasteiger partial charge < -0.3 is 14.8 Å². The van der Waals surface area contributed by atoms with Crippen LogP contribution in [0.25, 0.3) is 11.3 Å². The summed E-state index contributed by atoms with van der Waals surface area (Å²) in [6.07, 6.45) is 2.48. The molecule has 116 valence electrons. The van der Waals surface area contributed by atoms with Gasteiger partial charge in [0.05, 0.1) is 0 Å². The number of oxazole rings is 1. The number of hydrogen-bond donors (Lipinski definition) is 2. The summed E-state index contributed by atoms with van der Waals surface area (Å²) in [5, 5.41) is 11.3. The zero-order chi connectivity index (χ0) is 15.9. The Balaban J connectivity index is 1.95. The number of carbonyl (C=O) groups is 2. The number of carboxylic acid groups (broad SMARTS) is 1. The minimum atomic E-state index is -0.829. The molecule has 1 aromatic carbocycles. The smallest absolute Gasteiger partial charge is 0.303 e. The van der Waals surface area contributed by atoms with Crippen LogP contribution in [0.2, 0.25) is 0 Å². The Labute approximate surface area is 128 Å². The third-order valence-electron chi connectivity index (χ3n) is 3.20. The summed E-state index contributed by atoms with van der Waals surface area (Å²) in [5.74, 6) is -0.716. The fourth-order valence-corrected chi connectivity index (χ4v) is 2.00. The predicted molar refractivity (Wildman–Crippen MR) is 80.5 cm³/mol. The number of rotatable bonds is 7. The molecule has 0 atom stereocenters. The number of nitrogens with one attached hydrogen (secondary N) is 1. The molecule has 1 aromatic heterocycles. The zero-order valence-corrected chi connectivity index (χ0v) is 12.3. The van der Waals surface area contributed by atoms with E-state index in [0.717, 1.165) is 11.1 Å². The predicted octanol–water partition coefficient (Wildman–Crippen LogP) is 2.63. The molecule has 2 aromatic rings. The van der Waals surface area contributed by atoms with Crippen molar-refractivity contribution in [2.24, 2.45) is 0 Å². The third kappa shape index (κ3) is 4.18. The molecule has 6 nitrogen and oxygen atoms in total. The molecule has 2 rings (SSSR count). The molecule has 2 N–H and O–H groups in total. The summed E-state index contributed by atoms with van der Waals surface area (Å²) in [6.45, 7) is 2.39. The van der Waals surface area contributed by atoms with Crippen LogP contribution < -0.4 is 5.32 Å². The second kappa shape index (κ2) is 7.40. The van der Waals surface area contributed by atoms with Gasteiger partial charge in [-0.1, -0.05) is 29.8 Å². The highest BCUT2D eigenvalue weighted by molar-refractivity contribution is 5.97. The van der Waals surface area contributed by atoms with Crippen molar-refractivity contribution in [1.82, 2.24) is 10.3 Å². The molecular formula is C16H18N2O4. The van der Waals surface area contributed by atoms with Gasteiger partial charge in [-0.3, -0.25) is 9.59 Å². The molecule has 1 amide bonds. The molecule has 22 heavy (non-hydrogen) atoms. The standard InChI is InChI=1S/C16H18N2O4/c1-11-5-7-12(8-6-11)15-14(18-10-22-15)16(21)17-9-3-2-4-13(19)20/h5-8,10H,2-4,9H2,1H3,(H,17,21)(H,19,20). The second-order valence-corrected chi connectivity index (χ2v) is 5.00. The molecule has 0 aliphatic rings. The third-order valence-corrected chi connectivity index (χ3v) is 3.20. The van der Waals surface area contributed by atoms with Crippen molar-refractivity contribution in [3.05, 3.63) is 41.9 Å². The Hall–Kier alpha value is -2.63. The van der Waals surface area contributed by atoms with Crippen LogP contribution >= 0.6 is 0 Å². The molecule has 0 saturated carbocycles. The Morgan fingerprint density at radius 1 is 1.23 bits per heavy atom. The van der Waals surface area contributed by atoms with Crippen molar-refractivity contribution in [3.8, 4) is 11.3 Å². The van der Waals surface area contributed by atoms with Gasteiger partial charge in [-0.15, -0.1) is 0 Å². The lowest BCUT2D eigenvalue weighted by Gasteiger charge is -2.04. The number of unbranched alkanes of at least 4 members (excludes halogenated alkanes) is 1. The first kappa shape index (κ1) is 15.8. The number of amides is 1. The second-order valence-electron chi connectivity index (χ2n) is 5.00. The number of aromatic nitrogens is 1. The topological polar surface area (TPSA) is 92.4 Å². The summed E-state index contributed by atoms with van der Waals surface area (Å²) in [5.41, 5.74) is 2.15. The molecule has 0 unspecified atom stereocenters. The minimum Gasteiger partial charge on any atom is -0.481 e. The lowest BCUT2D eigenvalue weighted by Crippen LogP contribution is -2.25. The maximum atomic E-state index is 12.1. The molecule has 0 bridgehead atoms. The average Bonchev–Trinajstić information content (AvgIpc) is 2.96. The molecule has 0 aliphatic heterocycles. The van der Waals surface area contributed by atoms with Gasteiger partial charge in [-0.2, -0.15) is 0 Å². The van der Waals surface area contributed by atoms with E-state index in [4.69, 9.17) is 9.52 Å². The molecule has 1 heterocycles. The van der Waals surface area contributed by atoms with Crippen LogP contribution in [0.15, 0.2) is 35.1 Å². The van der Waals surface area contributed by atoms with Gasteiger partial charge in [-0.05, 0) is 19.8 Å². The number of aliphatic carboxylic acids is 1. The van der Waals surface area contributed by atoms with E-state index in [9.17, 15) is 9.59 Å². The number of benzene rings is 1. The SMILES string of the molecule is Cc1ccc(-c2ocnc2C(=O)NCCCCC(=O)O)cc1. The maximum Gasteiger partial charge on any atom is 0.303 e. The minimum absolute atomic E-state index is 0.106. The summed E-state index contributed by atoms with van der Waals surface area (Å²) in [6, 6.07) is 7.62. The summed E-state index contributed by atoms with van der Waals surface area (Å²) in [4.78, 5) is 26.5. The van der Waals surface area contributed by atoms with Gasteiger partial charge in [0.1, 0.15) is 0 Å². The van der Waals surface area contributed by atoms with E-state index in [0.29, 0.717) is 25.1 Å². The van der Waals surface area contributed by atoms with Crippen LogP contribution in [-0.4, -0.2) is 28.5 Å². The molecule has 0 fully saturated rings. The largest absolute Gasteiger partial charge is 0.481 e. The normalized spacial score (nSPS) is 10.4. The highest BCUT2D eigenvalue weighted by Gasteiger charge is 2.17. The van der Waals surface area contributed by atoms with Crippen LogP contribution in [0.5, 0.6) is 0 Å². The van der Waals surface area contributed by atoms with Crippen molar-refractivity contribution in [2.45, 2.75) is 26.2 Å². The molecular weight excluding hydrogens is 284 g/mol. The van der Waals surface area contributed by atoms with E-state index < -0.39 is 5.97 Å². The van der Waals surface area contributed by atoms with Crippen LogP contribution in [-0.2, 0) is 4.79 Å². The van der Waals surface area contributed by atoms with E-state index >= 15 is 0 Å². The van der Waals surface area contributed by atoms with Crippen molar-refractivity contribution < 1.29 is 19.1 Å². The van der Waals surface area contributed by atoms with Gasteiger partial charge in [0.15, 0.2) is 17.8 Å². The van der Waals surface area contributed by atoms with Gasteiger partial charge >= 0.3 is 5.97 Å². The van der Waals surface area contributed by atoms with Gasteiger partial charge in [0.2, 0.25) is 0 Å². The molecule has 0 saturated heterocycles. The highest BCUT2D eigenvalue weighted by Crippen LogP contribution is 2.23.